The molecule has 0 fully saturated rings. The maximum atomic E-state index is 12.2. The van der Waals surface area contributed by atoms with E-state index in [0.29, 0.717) is 11.3 Å². The molecule has 0 aliphatic heterocycles. The first-order valence-electron chi connectivity index (χ1n) is 7.74. The van der Waals surface area contributed by atoms with Crippen molar-refractivity contribution in [3.8, 4) is 5.75 Å². The minimum absolute atomic E-state index is 0.109. The molecule has 7 nitrogen and oxygen atoms in total. The number of hydrogen-bond donors (Lipinski definition) is 1. The summed E-state index contributed by atoms with van der Waals surface area (Å²) in [6, 6.07) is 9.55. The van der Waals surface area contributed by atoms with Crippen LogP contribution in [0.5, 0.6) is 5.75 Å². The van der Waals surface area contributed by atoms with Crippen molar-refractivity contribution < 1.29 is 27.5 Å². The lowest BCUT2D eigenvalue weighted by Crippen LogP contribution is -2.29. The summed E-state index contributed by atoms with van der Waals surface area (Å²) in [7, 11) is -2.10. The number of esters is 1. The Kier molecular flexibility index (Phi) is 6.90. The molecule has 2 rings (SSSR count). The highest BCUT2D eigenvalue weighted by Gasteiger charge is 2.20. The molecule has 0 aliphatic carbocycles. The van der Waals surface area contributed by atoms with Gasteiger partial charge >= 0.3 is 5.97 Å². The third kappa shape index (κ3) is 5.38. The van der Waals surface area contributed by atoms with E-state index in [9.17, 15) is 18.0 Å². The van der Waals surface area contributed by atoms with Crippen molar-refractivity contribution in [2.45, 2.75) is 23.7 Å². The van der Waals surface area contributed by atoms with Gasteiger partial charge in [0.1, 0.15) is 9.96 Å². The third-order valence-electron chi connectivity index (χ3n) is 3.43. The summed E-state index contributed by atoms with van der Waals surface area (Å²) in [6.45, 7) is 1.36. The first kappa shape index (κ1) is 20.1. The Bertz CT molecular complexity index is 844. The fraction of sp³-hybridized carbons (Fsp3) is 0.294. The number of carbonyl (C=O) groups is 2. The van der Waals surface area contributed by atoms with E-state index in [1.54, 1.807) is 35.7 Å². The van der Waals surface area contributed by atoms with E-state index >= 15 is 0 Å². The molecule has 1 atom stereocenters. The second kappa shape index (κ2) is 8.93. The molecule has 140 valence electrons. The monoisotopic (exact) mass is 397 g/mol. The van der Waals surface area contributed by atoms with Gasteiger partial charge in [-0.05, 0) is 42.6 Å². The largest absolute Gasteiger partial charge is 0.497 e. The number of sulfonamides is 1. The molecule has 26 heavy (non-hydrogen) atoms. The molecule has 2 aromatic rings. The molecule has 0 amide bonds. The van der Waals surface area contributed by atoms with Gasteiger partial charge in [-0.25, -0.2) is 13.1 Å². The van der Waals surface area contributed by atoms with E-state index in [1.807, 2.05) is 0 Å². The fourth-order valence-corrected chi connectivity index (χ4v) is 4.14. The fourth-order valence-electron chi connectivity index (χ4n) is 2.07. The third-order valence-corrected chi connectivity index (χ3v) is 6.29. The summed E-state index contributed by atoms with van der Waals surface area (Å²) >= 11 is 1.08. The number of ketones is 1. The van der Waals surface area contributed by atoms with Gasteiger partial charge in [0.25, 0.3) is 0 Å². The van der Waals surface area contributed by atoms with Crippen molar-refractivity contribution in [1.82, 2.24) is 4.72 Å². The number of methoxy groups -OCH3 is 1. The van der Waals surface area contributed by atoms with E-state index < -0.39 is 22.1 Å². The van der Waals surface area contributed by atoms with Gasteiger partial charge in [0.15, 0.2) is 6.10 Å². The van der Waals surface area contributed by atoms with Gasteiger partial charge in [-0.3, -0.25) is 9.59 Å². The van der Waals surface area contributed by atoms with E-state index in [1.165, 1.54) is 20.1 Å². The van der Waals surface area contributed by atoms with Crippen LogP contribution in [0.15, 0.2) is 46.0 Å². The van der Waals surface area contributed by atoms with Crippen molar-refractivity contribution >= 4 is 33.1 Å². The minimum Gasteiger partial charge on any atom is -0.497 e. The summed E-state index contributed by atoms with van der Waals surface area (Å²) in [5.41, 5.74) is 0.393. The number of hydrogen-bond acceptors (Lipinski definition) is 7. The van der Waals surface area contributed by atoms with E-state index in [2.05, 4.69) is 4.72 Å². The van der Waals surface area contributed by atoms with Gasteiger partial charge in [0, 0.05) is 12.1 Å². The highest BCUT2D eigenvalue weighted by Crippen LogP contribution is 2.16. The molecule has 0 aliphatic rings. The van der Waals surface area contributed by atoms with Crippen molar-refractivity contribution in [1.29, 1.82) is 0 Å². The van der Waals surface area contributed by atoms with Gasteiger partial charge in [0.2, 0.25) is 15.8 Å². The smallest absolute Gasteiger partial charge is 0.307 e. The number of nitrogens with one attached hydrogen (secondary N) is 1. The SMILES string of the molecule is COc1ccc(C(=O)[C@@H](C)OC(=O)CCNS(=O)(=O)c2cccs2)cc1. The average Bonchev–Trinajstić information content (AvgIpc) is 3.16. The lowest BCUT2D eigenvalue weighted by molar-refractivity contribution is -0.146. The first-order chi connectivity index (χ1) is 12.3. The Morgan fingerprint density at radius 3 is 2.46 bits per heavy atom. The van der Waals surface area contributed by atoms with Gasteiger partial charge in [0.05, 0.1) is 13.5 Å². The average molecular weight is 397 g/mol. The highest BCUT2D eigenvalue weighted by atomic mass is 32.2. The lowest BCUT2D eigenvalue weighted by atomic mass is 10.1. The molecule has 0 bridgehead atoms. The Morgan fingerprint density at radius 2 is 1.88 bits per heavy atom. The van der Waals surface area contributed by atoms with Gasteiger partial charge in [-0.15, -0.1) is 11.3 Å². The van der Waals surface area contributed by atoms with Crippen LogP contribution >= 0.6 is 11.3 Å². The molecule has 1 aromatic heterocycles. The van der Waals surface area contributed by atoms with Crippen LogP contribution in [0, 0.1) is 0 Å². The number of carbonyl (C=O) groups excluding carboxylic acids is 2. The number of Topliss-reactive ketones (excluding diaryl/α,β-unsaturated/α-hetero) is 1. The van der Waals surface area contributed by atoms with Crippen molar-refractivity contribution in [3.63, 3.8) is 0 Å². The normalized spacial score (nSPS) is 12.4. The van der Waals surface area contributed by atoms with Crippen LogP contribution in [0.4, 0.5) is 0 Å². The predicted molar refractivity (Wildman–Crippen MR) is 97.0 cm³/mol. The number of benzene rings is 1. The van der Waals surface area contributed by atoms with Crippen molar-refractivity contribution in [3.05, 3.63) is 47.3 Å². The summed E-state index contributed by atoms with van der Waals surface area (Å²) in [5.74, 6) is -0.391. The van der Waals surface area contributed by atoms with Crippen LogP contribution in [0.3, 0.4) is 0 Å². The van der Waals surface area contributed by atoms with Crippen molar-refractivity contribution in [2.75, 3.05) is 13.7 Å². The van der Waals surface area contributed by atoms with Crippen LogP contribution in [-0.4, -0.2) is 39.9 Å². The van der Waals surface area contributed by atoms with Crippen LogP contribution in [0.1, 0.15) is 23.7 Å². The zero-order valence-corrected chi connectivity index (χ0v) is 15.9. The van der Waals surface area contributed by atoms with Gasteiger partial charge < -0.3 is 9.47 Å². The van der Waals surface area contributed by atoms with Crippen LogP contribution in [0.25, 0.3) is 0 Å². The maximum absolute atomic E-state index is 12.2. The van der Waals surface area contributed by atoms with E-state index in [0.717, 1.165) is 11.3 Å². The summed E-state index contributed by atoms with van der Waals surface area (Å²) in [6.07, 6.45) is -1.14. The van der Waals surface area contributed by atoms with Crippen molar-refractivity contribution in [2.24, 2.45) is 0 Å². The summed E-state index contributed by atoms with van der Waals surface area (Å²) < 4.78 is 36.4. The topological polar surface area (TPSA) is 98.8 Å². The standard InChI is InChI=1S/C17H19NO6S2/c1-12(17(20)13-5-7-14(23-2)8-6-13)24-15(19)9-10-18-26(21,22)16-4-3-11-25-16/h3-8,11-12,18H,9-10H2,1-2H3/t12-/m1/s1. The molecule has 9 heteroatoms. The van der Waals surface area contributed by atoms with Crippen LogP contribution in [-0.2, 0) is 19.6 Å². The molecule has 0 radical (unpaired) electrons. The molecule has 0 saturated carbocycles. The lowest BCUT2D eigenvalue weighted by Gasteiger charge is -2.13. The quantitative estimate of drug-likeness (QED) is 0.515. The summed E-state index contributed by atoms with van der Waals surface area (Å²) in [4.78, 5) is 24.1. The first-order valence-corrected chi connectivity index (χ1v) is 10.1. The Hall–Kier alpha value is -2.23. The van der Waals surface area contributed by atoms with Crippen LogP contribution in [0.2, 0.25) is 0 Å². The Labute approximate surface area is 156 Å². The molecule has 0 saturated heterocycles. The molecule has 0 spiro atoms. The van der Waals surface area contributed by atoms with Gasteiger partial charge in [-0.2, -0.15) is 0 Å². The number of thiophene rings is 1. The molecular weight excluding hydrogens is 378 g/mol. The minimum atomic E-state index is -3.63. The predicted octanol–water partition coefficient (Wildman–Crippen LogP) is 2.24. The molecule has 1 aromatic carbocycles. The zero-order valence-electron chi connectivity index (χ0n) is 14.3. The molecule has 0 unspecified atom stereocenters. The van der Waals surface area contributed by atoms with Gasteiger partial charge in [-0.1, -0.05) is 6.07 Å². The maximum Gasteiger partial charge on any atom is 0.307 e. The second-order valence-corrected chi connectivity index (χ2v) is 8.25. The molecule has 1 N–H and O–H groups in total. The summed E-state index contributed by atoms with van der Waals surface area (Å²) in [5, 5.41) is 1.65. The Morgan fingerprint density at radius 1 is 1.19 bits per heavy atom. The second-order valence-electron chi connectivity index (χ2n) is 5.30. The Balaban J connectivity index is 1.82. The number of ether oxygens (including phenoxy) is 2. The number of rotatable bonds is 9. The highest BCUT2D eigenvalue weighted by molar-refractivity contribution is 7.91. The molecular formula is C17H19NO6S2. The van der Waals surface area contributed by atoms with E-state index in [4.69, 9.17) is 9.47 Å². The zero-order chi connectivity index (χ0) is 19.2. The molecule has 1 heterocycles. The van der Waals surface area contributed by atoms with Crippen LogP contribution < -0.4 is 9.46 Å². The van der Waals surface area contributed by atoms with E-state index in [-0.39, 0.29) is 23.0 Å².